The van der Waals surface area contributed by atoms with Crippen LogP contribution in [0.15, 0.2) is 42.5 Å². The molecule has 1 amide bonds. The lowest BCUT2D eigenvalue weighted by Crippen LogP contribution is -2.26. The normalized spacial score (nSPS) is 12.9. The highest BCUT2D eigenvalue weighted by Crippen LogP contribution is 2.35. The second-order valence-corrected chi connectivity index (χ2v) is 5.63. The fourth-order valence-corrected chi connectivity index (χ4v) is 2.24. The molecule has 25 heavy (non-hydrogen) atoms. The van der Waals surface area contributed by atoms with Gasteiger partial charge < -0.3 is 25.3 Å². The highest BCUT2D eigenvalue weighted by atomic mass is 35.5. The first-order valence-electron chi connectivity index (χ1n) is 7.78. The van der Waals surface area contributed by atoms with Crippen LogP contribution in [0.3, 0.4) is 0 Å². The molecule has 1 heterocycles. The monoisotopic (exact) mass is 364 g/mol. The van der Waals surface area contributed by atoms with Gasteiger partial charge in [0.25, 0.3) is 0 Å². The third kappa shape index (κ3) is 4.78. The maximum atomic E-state index is 11.9. The first-order valence-corrected chi connectivity index (χ1v) is 7.78. The zero-order valence-electron chi connectivity index (χ0n) is 13.9. The Hall–Kier alpha value is -2.44. The Morgan fingerprint density at radius 2 is 2.04 bits per heavy atom. The van der Waals surface area contributed by atoms with E-state index in [1.807, 2.05) is 36.4 Å². The number of hydrogen-bond donors (Lipinski definition) is 2. The summed E-state index contributed by atoms with van der Waals surface area (Å²) in [6.45, 7) is 2.73. The number of nitrogens with one attached hydrogen (secondary N) is 1. The van der Waals surface area contributed by atoms with E-state index in [0.717, 1.165) is 17.0 Å². The highest BCUT2D eigenvalue weighted by Gasteiger charge is 2.14. The molecule has 0 fully saturated rings. The average Bonchev–Trinajstić information content (AvgIpc) is 3.07. The van der Waals surface area contributed by atoms with Gasteiger partial charge in [0, 0.05) is 24.2 Å². The van der Waals surface area contributed by atoms with Crippen molar-refractivity contribution < 1.29 is 19.0 Å². The Balaban J connectivity index is 0.00000225. The molecule has 3 rings (SSSR count). The summed E-state index contributed by atoms with van der Waals surface area (Å²) in [4.78, 5) is 11.9. The van der Waals surface area contributed by atoms with Gasteiger partial charge in [-0.3, -0.25) is 4.79 Å². The highest BCUT2D eigenvalue weighted by molar-refractivity contribution is 5.92. The minimum absolute atomic E-state index is 0. The number of fused-ring (bicyclic) bond motifs is 1. The zero-order valence-corrected chi connectivity index (χ0v) is 14.7. The van der Waals surface area contributed by atoms with Crippen molar-refractivity contribution in [3.05, 3.63) is 48.0 Å². The first kappa shape index (κ1) is 18.9. The van der Waals surface area contributed by atoms with Crippen LogP contribution in [0.25, 0.3) is 0 Å². The lowest BCUT2D eigenvalue weighted by molar-refractivity contribution is -0.119. The van der Waals surface area contributed by atoms with Crippen LogP contribution in [0.4, 0.5) is 5.69 Å². The smallest absolute Gasteiger partial charge is 0.231 e. The van der Waals surface area contributed by atoms with Crippen LogP contribution in [0.1, 0.15) is 12.5 Å². The Kier molecular flexibility index (Phi) is 6.50. The standard InChI is InChI=1S/C18H20N2O4.ClH/c1-12(9-19)18(21)20-14-4-2-3-13(7-14)10-22-15-5-6-16-17(8-15)24-11-23-16;/h2-8,12H,9-11,19H2,1H3,(H,20,21);1H. The molecule has 0 spiro atoms. The average molecular weight is 365 g/mol. The molecule has 1 aliphatic rings. The van der Waals surface area contributed by atoms with Crippen molar-refractivity contribution in [1.82, 2.24) is 0 Å². The van der Waals surface area contributed by atoms with Crippen molar-refractivity contribution >= 4 is 24.0 Å². The van der Waals surface area contributed by atoms with Gasteiger partial charge in [-0.25, -0.2) is 0 Å². The molecular weight excluding hydrogens is 344 g/mol. The van der Waals surface area contributed by atoms with E-state index in [2.05, 4.69) is 5.32 Å². The Labute approximate surface area is 152 Å². The quantitative estimate of drug-likeness (QED) is 0.823. The van der Waals surface area contributed by atoms with E-state index in [1.165, 1.54) is 0 Å². The fraction of sp³-hybridized carbons (Fsp3) is 0.278. The Bertz CT molecular complexity index is 739. The molecule has 1 unspecified atom stereocenters. The third-order valence-electron chi connectivity index (χ3n) is 3.75. The van der Waals surface area contributed by atoms with Gasteiger partial charge in [-0.1, -0.05) is 19.1 Å². The van der Waals surface area contributed by atoms with Crippen molar-refractivity contribution in [3.8, 4) is 17.2 Å². The molecule has 134 valence electrons. The molecule has 3 N–H and O–H groups in total. The number of nitrogens with two attached hydrogens (primary N) is 1. The zero-order chi connectivity index (χ0) is 16.9. The summed E-state index contributed by atoms with van der Waals surface area (Å²) in [6, 6.07) is 13.0. The maximum Gasteiger partial charge on any atom is 0.231 e. The van der Waals surface area contributed by atoms with Crippen LogP contribution in [0.5, 0.6) is 17.2 Å². The predicted octanol–water partition coefficient (Wildman–Crippen LogP) is 2.95. The van der Waals surface area contributed by atoms with Crippen molar-refractivity contribution in [3.63, 3.8) is 0 Å². The van der Waals surface area contributed by atoms with Gasteiger partial charge in [-0.15, -0.1) is 12.4 Å². The molecule has 0 aromatic heterocycles. The van der Waals surface area contributed by atoms with Crippen molar-refractivity contribution in [2.45, 2.75) is 13.5 Å². The van der Waals surface area contributed by atoms with Crippen LogP contribution in [0, 0.1) is 5.92 Å². The molecular formula is C18H21ClN2O4. The Morgan fingerprint density at radius 3 is 2.84 bits per heavy atom. The summed E-state index contributed by atoms with van der Waals surface area (Å²) in [7, 11) is 0. The molecule has 6 nitrogen and oxygen atoms in total. The van der Waals surface area contributed by atoms with E-state index < -0.39 is 0 Å². The molecule has 0 aliphatic carbocycles. The summed E-state index contributed by atoms with van der Waals surface area (Å²) in [6.07, 6.45) is 0. The van der Waals surface area contributed by atoms with Gasteiger partial charge in [-0.05, 0) is 29.8 Å². The number of carbonyl (C=O) groups excluding carboxylic acids is 1. The molecule has 7 heteroatoms. The van der Waals surface area contributed by atoms with Crippen LogP contribution < -0.4 is 25.3 Å². The number of rotatable bonds is 6. The number of carbonyl (C=O) groups is 1. The summed E-state index contributed by atoms with van der Waals surface area (Å²) < 4.78 is 16.4. The molecule has 1 aliphatic heterocycles. The maximum absolute atomic E-state index is 11.9. The second-order valence-electron chi connectivity index (χ2n) is 5.63. The minimum atomic E-state index is -0.224. The summed E-state index contributed by atoms with van der Waals surface area (Å²) in [5, 5.41) is 2.85. The number of hydrogen-bond acceptors (Lipinski definition) is 5. The van der Waals surface area contributed by atoms with E-state index in [4.69, 9.17) is 19.9 Å². The van der Waals surface area contributed by atoms with E-state index in [1.54, 1.807) is 13.0 Å². The number of halogens is 1. The van der Waals surface area contributed by atoms with E-state index in [0.29, 0.717) is 24.7 Å². The molecule has 0 saturated heterocycles. The van der Waals surface area contributed by atoms with Crippen LogP contribution in [-0.2, 0) is 11.4 Å². The SMILES string of the molecule is CC(CN)C(=O)Nc1cccc(COc2ccc3c(c2)OCO3)c1.Cl. The van der Waals surface area contributed by atoms with E-state index in [-0.39, 0.29) is 31.0 Å². The van der Waals surface area contributed by atoms with Crippen LogP contribution in [0.2, 0.25) is 0 Å². The summed E-state index contributed by atoms with van der Waals surface area (Å²) in [5.41, 5.74) is 7.19. The largest absolute Gasteiger partial charge is 0.489 e. The molecule has 2 aromatic rings. The van der Waals surface area contributed by atoms with E-state index >= 15 is 0 Å². The predicted molar refractivity (Wildman–Crippen MR) is 97.4 cm³/mol. The second kappa shape index (κ2) is 8.60. The van der Waals surface area contributed by atoms with E-state index in [9.17, 15) is 4.79 Å². The van der Waals surface area contributed by atoms with Crippen LogP contribution >= 0.6 is 12.4 Å². The van der Waals surface area contributed by atoms with Gasteiger partial charge in [0.15, 0.2) is 11.5 Å². The number of anilines is 1. The van der Waals surface area contributed by atoms with Gasteiger partial charge >= 0.3 is 0 Å². The topological polar surface area (TPSA) is 82.8 Å². The Morgan fingerprint density at radius 1 is 1.24 bits per heavy atom. The van der Waals surface area contributed by atoms with Crippen LogP contribution in [-0.4, -0.2) is 19.2 Å². The number of amides is 1. The molecule has 0 radical (unpaired) electrons. The summed E-state index contributed by atoms with van der Waals surface area (Å²) in [5.74, 6) is 1.79. The van der Waals surface area contributed by atoms with Gasteiger partial charge in [-0.2, -0.15) is 0 Å². The summed E-state index contributed by atoms with van der Waals surface area (Å²) >= 11 is 0. The third-order valence-corrected chi connectivity index (χ3v) is 3.75. The number of ether oxygens (including phenoxy) is 3. The van der Waals surface area contributed by atoms with Crippen molar-refractivity contribution in [1.29, 1.82) is 0 Å². The minimum Gasteiger partial charge on any atom is -0.489 e. The molecule has 1 atom stereocenters. The van der Waals surface area contributed by atoms with Crippen molar-refractivity contribution in [2.24, 2.45) is 11.7 Å². The van der Waals surface area contributed by atoms with Crippen molar-refractivity contribution in [2.75, 3.05) is 18.7 Å². The molecule has 2 aromatic carbocycles. The lowest BCUT2D eigenvalue weighted by Gasteiger charge is -2.12. The number of benzene rings is 2. The van der Waals surface area contributed by atoms with Gasteiger partial charge in [0.05, 0.1) is 0 Å². The molecule has 0 bridgehead atoms. The fourth-order valence-electron chi connectivity index (χ4n) is 2.24. The van der Waals surface area contributed by atoms with Gasteiger partial charge in [0.1, 0.15) is 12.4 Å². The molecule has 0 saturated carbocycles. The lowest BCUT2D eigenvalue weighted by atomic mass is 10.1. The van der Waals surface area contributed by atoms with Gasteiger partial charge in [0.2, 0.25) is 12.7 Å². The first-order chi connectivity index (χ1) is 11.7.